The first-order valence-electron chi connectivity index (χ1n) is 23.0. The summed E-state index contributed by atoms with van der Waals surface area (Å²) in [6.07, 6.45) is 0. The fourth-order valence-corrected chi connectivity index (χ4v) is 15.4. The quantitative estimate of drug-likeness (QED) is 0.133. The average molecular weight is 908 g/mol. The van der Waals surface area contributed by atoms with Crippen LogP contribution >= 0.6 is 15.1 Å². The first-order chi connectivity index (χ1) is 33.6. The average Bonchev–Trinajstić information content (AvgIpc) is 4.05. The molecule has 68 heavy (non-hydrogen) atoms. The zero-order chi connectivity index (χ0) is 45.2. The van der Waals surface area contributed by atoms with Gasteiger partial charge in [-0.1, -0.05) is 188 Å². The van der Waals surface area contributed by atoms with Crippen molar-refractivity contribution in [2.75, 3.05) is 0 Å². The molecule has 0 aliphatic carbocycles. The molecule has 0 saturated carbocycles. The Morgan fingerprint density at radius 1 is 0.279 bits per heavy atom. The van der Waals surface area contributed by atoms with Crippen LogP contribution < -0.4 is 31.8 Å². The van der Waals surface area contributed by atoms with E-state index in [0.29, 0.717) is 0 Å². The van der Waals surface area contributed by atoms with Crippen molar-refractivity contribution < 1.29 is 4.57 Å². The van der Waals surface area contributed by atoms with Gasteiger partial charge >= 0.3 is 0 Å². The molecule has 322 valence electrons. The lowest BCUT2D eigenvalue weighted by atomic mass is 10.2. The van der Waals surface area contributed by atoms with E-state index in [1.54, 1.807) is 0 Å². The molecule has 4 nitrogen and oxygen atoms in total. The molecule has 3 aromatic heterocycles. The SMILES string of the molecule is O=P(c1ccccc1)(c1ccccc1)c1ccc(-n2c3ccccc3c3c2c2ccc(-n4c5ccccc5c5ccccc54)cc2n3-c2ccc(P(c3ccccc3)c3ccccc3)cc2)cc1. The fraction of sp³-hybridized carbons (Fsp3) is 0. The Kier molecular flexibility index (Phi) is 9.72. The van der Waals surface area contributed by atoms with Crippen molar-refractivity contribution in [1.82, 2.24) is 13.7 Å². The summed E-state index contributed by atoms with van der Waals surface area (Å²) in [4.78, 5) is 0. The van der Waals surface area contributed by atoms with Crippen molar-refractivity contribution in [3.05, 3.63) is 261 Å². The van der Waals surface area contributed by atoms with Gasteiger partial charge in [0.25, 0.3) is 0 Å². The smallest absolute Gasteiger partial charge is 0.171 e. The standard InChI is InChI=1S/C62H43N3OP2/c66-68(50-23-9-3-10-24-50,51-25-11-4-12-26-51)52-40-35-45(36-41-52)64-59-32-18-15-29-55(59)61-62(64)56-42-37-46(63-57-30-16-13-27-53(57)54-28-14-17-31-58(54)63)43-60(56)65(61)44-33-38-49(39-34-44)67(47-19-5-1-6-20-47)48-21-7-2-8-22-48/h1-43H. The number of hydrogen-bond donors (Lipinski definition) is 0. The second-order valence-electron chi connectivity index (χ2n) is 17.3. The molecule has 6 heteroatoms. The molecule has 0 aliphatic rings. The Morgan fingerprint density at radius 3 is 1.15 bits per heavy atom. The van der Waals surface area contributed by atoms with Crippen LogP contribution in [0.25, 0.3) is 71.7 Å². The zero-order valence-corrected chi connectivity index (χ0v) is 38.8. The largest absolute Gasteiger partial charge is 0.309 e. The number of fused-ring (bicyclic) bond motifs is 8. The first-order valence-corrected chi connectivity index (χ1v) is 26.1. The lowest BCUT2D eigenvalue weighted by Crippen LogP contribution is -2.24. The van der Waals surface area contributed by atoms with Gasteiger partial charge in [-0.25, -0.2) is 0 Å². The Bertz CT molecular complexity index is 3890. The monoisotopic (exact) mass is 907 g/mol. The van der Waals surface area contributed by atoms with Crippen LogP contribution in [0.2, 0.25) is 0 Å². The zero-order valence-electron chi connectivity index (χ0n) is 37.0. The van der Waals surface area contributed by atoms with Gasteiger partial charge in [0.05, 0.1) is 33.1 Å². The third kappa shape index (κ3) is 6.37. The van der Waals surface area contributed by atoms with Crippen LogP contribution in [-0.2, 0) is 4.57 Å². The molecule has 0 spiro atoms. The Hall–Kier alpha value is -8.00. The minimum atomic E-state index is -3.17. The fourth-order valence-electron chi connectivity index (χ4n) is 10.5. The molecule has 0 fully saturated rings. The topological polar surface area (TPSA) is 31.9 Å². The van der Waals surface area contributed by atoms with Gasteiger partial charge in [0.15, 0.2) is 7.14 Å². The van der Waals surface area contributed by atoms with Crippen molar-refractivity contribution in [2.45, 2.75) is 0 Å². The molecule has 0 atom stereocenters. The Balaban J connectivity index is 1.05. The first kappa shape index (κ1) is 40.3. The van der Waals surface area contributed by atoms with Gasteiger partial charge in [0.2, 0.25) is 0 Å². The van der Waals surface area contributed by atoms with Crippen molar-refractivity contribution in [2.24, 2.45) is 0 Å². The highest BCUT2D eigenvalue weighted by Crippen LogP contribution is 2.45. The lowest BCUT2D eigenvalue weighted by molar-refractivity contribution is 0.592. The second-order valence-corrected chi connectivity index (χ2v) is 22.3. The molecule has 0 N–H and O–H groups in total. The van der Waals surface area contributed by atoms with Gasteiger partial charge in [-0.05, 0) is 96.6 Å². The van der Waals surface area contributed by atoms with Crippen LogP contribution in [0.15, 0.2) is 261 Å². The molecule has 10 aromatic carbocycles. The van der Waals surface area contributed by atoms with Gasteiger partial charge in [-0.2, -0.15) is 0 Å². The van der Waals surface area contributed by atoms with E-state index in [9.17, 15) is 0 Å². The molecule has 0 saturated heterocycles. The van der Waals surface area contributed by atoms with Gasteiger partial charge in [0, 0.05) is 54.5 Å². The molecule has 0 aliphatic heterocycles. The second kappa shape index (κ2) is 16.4. The van der Waals surface area contributed by atoms with Crippen LogP contribution in [0.5, 0.6) is 0 Å². The number of nitrogens with zero attached hydrogens (tertiary/aromatic N) is 3. The van der Waals surface area contributed by atoms with Crippen LogP contribution in [0.4, 0.5) is 0 Å². The van der Waals surface area contributed by atoms with E-state index in [4.69, 9.17) is 0 Å². The highest BCUT2D eigenvalue weighted by Gasteiger charge is 2.30. The number of benzene rings is 10. The van der Waals surface area contributed by atoms with E-state index in [0.717, 1.165) is 65.8 Å². The van der Waals surface area contributed by atoms with Gasteiger partial charge < -0.3 is 18.3 Å². The Labute approximate surface area is 395 Å². The normalized spacial score (nSPS) is 12.0. The third-order valence-corrected chi connectivity index (χ3v) is 19.0. The molecule has 0 unspecified atom stereocenters. The molecule has 0 radical (unpaired) electrons. The minimum absolute atomic E-state index is 0.782. The lowest BCUT2D eigenvalue weighted by Gasteiger charge is -2.20. The van der Waals surface area contributed by atoms with Crippen molar-refractivity contribution >= 4 is 102 Å². The number of para-hydroxylation sites is 3. The summed E-state index contributed by atoms with van der Waals surface area (Å²) in [5, 5.41) is 11.1. The maximum atomic E-state index is 15.5. The minimum Gasteiger partial charge on any atom is -0.309 e. The highest BCUT2D eigenvalue weighted by atomic mass is 31.2. The van der Waals surface area contributed by atoms with Gasteiger partial charge in [0.1, 0.15) is 0 Å². The molecule has 13 aromatic rings. The van der Waals surface area contributed by atoms with Gasteiger partial charge in [-0.15, -0.1) is 0 Å². The number of rotatable bonds is 9. The Morgan fingerprint density at radius 2 is 0.632 bits per heavy atom. The van der Waals surface area contributed by atoms with Gasteiger partial charge in [-0.3, -0.25) is 0 Å². The summed E-state index contributed by atoms with van der Waals surface area (Å²) in [6, 6.07) is 92.6. The van der Waals surface area contributed by atoms with Crippen molar-refractivity contribution in [3.8, 4) is 17.1 Å². The molecule has 0 amide bonds. The molecular formula is C62H43N3OP2. The molecule has 13 rings (SSSR count). The van der Waals surface area contributed by atoms with Crippen molar-refractivity contribution in [3.63, 3.8) is 0 Å². The van der Waals surface area contributed by atoms with Crippen LogP contribution in [-0.4, -0.2) is 13.7 Å². The van der Waals surface area contributed by atoms with E-state index < -0.39 is 15.1 Å². The van der Waals surface area contributed by atoms with Crippen LogP contribution in [0, 0.1) is 0 Å². The van der Waals surface area contributed by atoms with Crippen LogP contribution in [0.3, 0.4) is 0 Å². The van der Waals surface area contributed by atoms with Crippen molar-refractivity contribution in [1.29, 1.82) is 0 Å². The third-order valence-electron chi connectivity index (χ3n) is 13.5. The number of hydrogen-bond acceptors (Lipinski definition) is 1. The summed E-state index contributed by atoms with van der Waals surface area (Å²) in [5.41, 5.74) is 10.0. The van der Waals surface area contributed by atoms with E-state index in [-0.39, 0.29) is 0 Å². The summed E-state index contributed by atoms with van der Waals surface area (Å²) >= 11 is 0. The highest BCUT2D eigenvalue weighted by molar-refractivity contribution is 7.85. The van der Waals surface area contributed by atoms with E-state index in [1.165, 1.54) is 37.7 Å². The summed E-state index contributed by atoms with van der Waals surface area (Å²) in [6.45, 7) is 0. The van der Waals surface area contributed by atoms with Crippen LogP contribution in [0.1, 0.15) is 0 Å². The van der Waals surface area contributed by atoms with E-state index in [2.05, 4.69) is 214 Å². The predicted molar refractivity (Wildman–Crippen MR) is 290 cm³/mol. The molecular weight excluding hydrogens is 865 g/mol. The molecule has 3 heterocycles. The predicted octanol–water partition coefficient (Wildman–Crippen LogP) is 13.2. The molecule has 0 bridgehead atoms. The van der Waals surface area contributed by atoms with E-state index >= 15 is 4.57 Å². The summed E-state index contributed by atoms with van der Waals surface area (Å²) < 4.78 is 22.8. The maximum absolute atomic E-state index is 15.5. The maximum Gasteiger partial charge on any atom is 0.171 e. The van der Waals surface area contributed by atoms with E-state index in [1.807, 2.05) is 60.7 Å². The number of aromatic nitrogens is 3. The summed E-state index contributed by atoms with van der Waals surface area (Å²) in [5.74, 6) is 0. The summed E-state index contributed by atoms with van der Waals surface area (Å²) in [7, 11) is -3.96.